The van der Waals surface area contributed by atoms with Crippen LogP contribution in [0.2, 0.25) is 0 Å². The molecule has 5 nitrogen and oxygen atoms in total. The first kappa shape index (κ1) is 12.2. The Morgan fingerprint density at radius 3 is 2.62 bits per heavy atom. The van der Waals surface area contributed by atoms with E-state index in [4.69, 9.17) is 5.26 Å². The molecule has 1 heterocycles. The number of carbonyl (C=O) groups is 2. The Morgan fingerprint density at radius 2 is 2.12 bits per heavy atom. The van der Waals surface area contributed by atoms with Crippen molar-refractivity contribution in [1.82, 2.24) is 10.2 Å². The van der Waals surface area contributed by atoms with Gasteiger partial charge < -0.3 is 10.2 Å². The van der Waals surface area contributed by atoms with E-state index in [2.05, 4.69) is 11.9 Å². The van der Waals surface area contributed by atoms with Crippen LogP contribution >= 0.6 is 0 Å². The van der Waals surface area contributed by atoms with Crippen molar-refractivity contribution in [2.45, 2.75) is 25.3 Å². The molecule has 16 heavy (non-hydrogen) atoms. The lowest BCUT2D eigenvalue weighted by Gasteiger charge is -2.31. The van der Waals surface area contributed by atoms with Gasteiger partial charge in [0.1, 0.15) is 6.42 Å². The fourth-order valence-electron chi connectivity index (χ4n) is 1.71. The van der Waals surface area contributed by atoms with Gasteiger partial charge in [-0.15, -0.1) is 0 Å². The first-order valence-corrected chi connectivity index (χ1v) is 5.25. The number of hydrogen-bond acceptors (Lipinski definition) is 3. The number of nitrogens with zero attached hydrogens (tertiary/aromatic N) is 2. The molecular weight excluding hydrogens is 206 g/mol. The average molecular weight is 221 g/mol. The Balaban J connectivity index is 2.34. The first-order valence-electron chi connectivity index (χ1n) is 5.25. The second-order valence-corrected chi connectivity index (χ2v) is 3.70. The third kappa shape index (κ3) is 3.39. The van der Waals surface area contributed by atoms with Crippen LogP contribution in [0, 0.1) is 11.3 Å². The number of nitrogens with one attached hydrogen (secondary N) is 1. The number of hydrogen-bond donors (Lipinski definition) is 1. The molecule has 0 spiro atoms. The Labute approximate surface area is 94.7 Å². The second kappa shape index (κ2) is 5.91. The molecule has 1 rings (SSSR count). The van der Waals surface area contributed by atoms with Gasteiger partial charge in [-0.2, -0.15) is 5.26 Å². The van der Waals surface area contributed by atoms with E-state index in [1.165, 1.54) is 6.08 Å². The van der Waals surface area contributed by atoms with Crippen LogP contribution in [0.25, 0.3) is 0 Å². The molecular formula is C11H15N3O2. The molecule has 0 radical (unpaired) electrons. The molecule has 1 fully saturated rings. The number of piperidine rings is 1. The summed E-state index contributed by atoms with van der Waals surface area (Å²) in [6.07, 6.45) is 2.64. The van der Waals surface area contributed by atoms with Gasteiger partial charge in [-0.25, -0.2) is 0 Å². The van der Waals surface area contributed by atoms with E-state index in [0.29, 0.717) is 13.1 Å². The van der Waals surface area contributed by atoms with Gasteiger partial charge in [0, 0.05) is 19.1 Å². The van der Waals surface area contributed by atoms with Gasteiger partial charge >= 0.3 is 0 Å². The molecule has 1 aliphatic heterocycles. The summed E-state index contributed by atoms with van der Waals surface area (Å²) < 4.78 is 0. The Kier molecular flexibility index (Phi) is 4.52. The average Bonchev–Trinajstić information content (AvgIpc) is 2.30. The van der Waals surface area contributed by atoms with Crippen LogP contribution in [0.4, 0.5) is 0 Å². The highest BCUT2D eigenvalue weighted by Crippen LogP contribution is 2.11. The van der Waals surface area contributed by atoms with Crippen LogP contribution in [0.5, 0.6) is 0 Å². The summed E-state index contributed by atoms with van der Waals surface area (Å²) in [6.45, 7) is 4.58. The minimum Gasteiger partial charge on any atom is -0.350 e. The van der Waals surface area contributed by atoms with Gasteiger partial charge in [-0.3, -0.25) is 9.59 Å². The summed E-state index contributed by atoms with van der Waals surface area (Å²) in [4.78, 5) is 24.1. The van der Waals surface area contributed by atoms with Gasteiger partial charge in [-0.1, -0.05) is 6.58 Å². The molecule has 0 aromatic heterocycles. The fourth-order valence-corrected chi connectivity index (χ4v) is 1.71. The van der Waals surface area contributed by atoms with Crippen molar-refractivity contribution in [3.05, 3.63) is 12.7 Å². The van der Waals surface area contributed by atoms with Crippen molar-refractivity contribution in [2.75, 3.05) is 13.1 Å². The standard InChI is InChI=1S/C11H15N3O2/c1-2-10(15)13-9-4-7-14(8-5-9)11(16)3-6-12/h2,9H,1,3-5,7-8H2,(H,13,15). The minimum atomic E-state index is -0.179. The summed E-state index contributed by atoms with van der Waals surface area (Å²) in [5.41, 5.74) is 0. The van der Waals surface area contributed by atoms with Gasteiger partial charge in [-0.05, 0) is 18.9 Å². The summed E-state index contributed by atoms with van der Waals surface area (Å²) in [7, 11) is 0. The third-order valence-electron chi connectivity index (χ3n) is 2.61. The first-order chi connectivity index (χ1) is 7.67. The lowest BCUT2D eigenvalue weighted by atomic mass is 10.0. The maximum atomic E-state index is 11.4. The van der Waals surface area contributed by atoms with Crippen LogP contribution < -0.4 is 5.32 Å². The quantitative estimate of drug-likeness (QED) is 0.691. The predicted octanol–water partition coefficient (Wildman–Crippen LogP) is 0.193. The van der Waals surface area contributed by atoms with Crippen molar-refractivity contribution in [3.63, 3.8) is 0 Å². The lowest BCUT2D eigenvalue weighted by molar-refractivity contribution is -0.131. The van der Waals surface area contributed by atoms with Crippen LogP contribution in [-0.2, 0) is 9.59 Å². The van der Waals surface area contributed by atoms with E-state index in [-0.39, 0.29) is 24.3 Å². The Bertz CT molecular complexity index is 325. The topological polar surface area (TPSA) is 73.2 Å². The normalized spacial score (nSPS) is 16.3. The maximum absolute atomic E-state index is 11.4. The van der Waals surface area contributed by atoms with Crippen LogP contribution in [-0.4, -0.2) is 35.8 Å². The SMILES string of the molecule is C=CC(=O)NC1CCN(C(=O)CC#N)CC1. The highest BCUT2D eigenvalue weighted by molar-refractivity contribution is 5.87. The minimum absolute atomic E-state index is 0.0658. The maximum Gasteiger partial charge on any atom is 0.243 e. The molecule has 1 saturated heterocycles. The van der Waals surface area contributed by atoms with Crippen molar-refractivity contribution in [1.29, 1.82) is 5.26 Å². The smallest absolute Gasteiger partial charge is 0.243 e. The molecule has 0 aromatic rings. The highest BCUT2D eigenvalue weighted by Gasteiger charge is 2.22. The number of nitriles is 1. The summed E-state index contributed by atoms with van der Waals surface area (Å²) >= 11 is 0. The molecule has 86 valence electrons. The van der Waals surface area contributed by atoms with E-state index in [1.807, 2.05) is 6.07 Å². The van der Waals surface area contributed by atoms with E-state index < -0.39 is 0 Å². The molecule has 2 amide bonds. The van der Waals surface area contributed by atoms with Crippen LogP contribution in [0.3, 0.4) is 0 Å². The summed E-state index contributed by atoms with van der Waals surface area (Å²) in [6, 6.07) is 1.95. The highest BCUT2D eigenvalue weighted by atomic mass is 16.2. The number of likely N-dealkylation sites (tertiary alicyclic amines) is 1. The largest absolute Gasteiger partial charge is 0.350 e. The molecule has 1 N–H and O–H groups in total. The van der Waals surface area contributed by atoms with Gasteiger partial charge in [0.2, 0.25) is 11.8 Å². The van der Waals surface area contributed by atoms with Crippen molar-refractivity contribution >= 4 is 11.8 Å². The summed E-state index contributed by atoms with van der Waals surface area (Å²) in [5.74, 6) is -0.308. The number of rotatable bonds is 3. The van der Waals surface area contributed by atoms with Crippen molar-refractivity contribution < 1.29 is 9.59 Å². The predicted molar refractivity (Wildman–Crippen MR) is 58.2 cm³/mol. The zero-order chi connectivity index (χ0) is 12.0. The monoisotopic (exact) mass is 221 g/mol. The molecule has 0 bridgehead atoms. The van der Waals surface area contributed by atoms with Crippen molar-refractivity contribution in [3.8, 4) is 6.07 Å². The molecule has 0 atom stereocenters. The Hall–Kier alpha value is -1.83. The van der Waals surface area contributed by atoms with Crippen LogP contribution in [0.15, 0.2) is 12.7 Å². The van der Waals surface area contributed by atoms with Gasteiger partial charge in [0.15, 0.2) is 0 Å². The summed E-state index contributed by atoms with van der Waals surface area (Å²) in [5, 5.41) is 11.2. The third-order valence-corrected chi connectivity index (χ3v) is 2.61. The molecule has 0 unspecified atom stereocenters. The number of carbonyl (C=O) groups excluding carboxylic acids is 2. The zero-order valence-corrected chi connectivity index (χ0v) is 9.11. The molecule has 0 aromatic carbocycles. The fraction of sp³-hybridized carbons (Fsp3) is 0.545. The molecule has 1 aliphatic rings. The zero-order valence-electron chi connectivity index (χ0n) is 9.11. The van der Waals surface area contributed by atoms with E-state index in [0.717, 1.165) is 12.8 Å². The second-order valence-electron chi connectivity index (χ2n) is 3.70. The van der Waals surface area contributed by atoms with E-state index in [9.17, 15) is 9.59 Å². The van der Waals surface area contributed by atoms with Gasteiger partial charge in [0.25, 0.3) is 0 Å². The number of amides is 2. The molecule has 0 saturated carbocycles. The van der Waals surface area contributed by atoms with Crippen LogP contribution in [0.1, 0.15) is 19.3 Å². The van der Waals surface area contributed by atoms with E-state index >= 15 is 0 Å². The molecule has 5 heteroatoms. The molecule has 0 aliphatic carbocycles. The lowest BCUT2D eigenvalue weighted by Crippen LogP contribution is -2.46. The van der Waals surface area contributed by atoms with E-state index in [1.54, 1.807) is 4.90 Å². The van der Waals surface area contributed by atoms with Crippen molar-refractivity contribution in [2.24, 2.45) is 0 Å². The van der Waals surface area contributed by atoms with Gasteiger partial charge in [0.05, 0.1) is 6.07 Å². The Morgan fingerprint density at radius 1 is 1.50 bits per heavy atom.